The van der Waals surface area contributed by atoms with Crippen molar-refractivity contribution in [1.29, 1.82) is 0 Å². The highest BCUT2D eigenvalue weighted by Crippen LogP contribution is 2.20. The molecule has 0 fully saturated rings. The summed E-state index contributed by atoms with van der Waals surface area (Å²) in [6.45, 7) is -0.501. The van der Waals surface area contributed by atoms with Crippen molar-refractivity contribution in [3.63, 3.8) is 0 Å². The molecule has 0 saturated heterocycles. The van der Waals surface area contributed by atoms with Gasteiger partial charge < -0.3 is 19.9 Å². The van der Waals surface area contributed by atoms with Gasteiger partial charge in [-0.05, 0) is 23.3 Å². The number of carbonyl (C=O) groups excluding carboxylic acids is 3. The van der Waals surface area contributed by atoms with Crippen molar-refractivity contribution in [1.82, 2.24) is 20.2 Å². The van der Waals surface area contributed by atoms with Crippen molar-refractivity contribution in [2.24, 2.45) is 7.05 Å². The minimum Gasteiger partial charge on any atom is -0.454 e. The molecule has 8 nitrogen and oxygen atoms in total. The van der Waals surface area contributed by atoms with Crippen LogP contribution in [0.15, 0.2) is 103 Å². The molecule has 0 aliphatic rings. The first-order valence-electron chi connectivity index (χ1n) is 11.9. The van der Waals surface area contributed by atoms with Crippen molar-refractivity contribution >= 4 is 17.8 Å². The number of nitrogens with zero attached hydrogens (tertiary/aromatic N) is 2. The average molecular weight is 497 g/mol. The molecule has 8 heteroatoms. The van der Waals surface area contributed by atoms with Crippen LogP contribution in [-0.2, 0) is 27.8 Å². The molecule has 4 rings (SSSR count). The van der Waals surface area contributed by atoms with Crippen LogP contribution in [0.2, 0.25) is 0 Å². The van der Waals surface area contributed by atoms with Crippen LogP contribution in [0.25, 0.3) is 0 Å². The highest BCUT2D eigenvalue weighted by atomic mass is 16.5. The highest BCUT2D eigenvalue weighted by molar-refractivity contribution is 5.97. The van der Waals surface area contributed by atoms with E-state index in [0.717, 1.165) is 11.1 Å². The maximum Gasteiger partial charge on any atom is 0.329 e. The van der Waals surface area contributed by atoms with Gasteiger partial charge in [0.25, 0.3) is 11.8 Å². The Balaban J connectivity index is 1.43. The normalized spacial score (nSPS) is 12.2. The molecule has 3 aromatic carbocycles. The number of esters is 1. The van der Waals surface area contributed by atoms with Gasteiger partial charge in [-0.3, -0.25) is 9.59 Å². The summed E-state index contributed by atoms with van der Waals surface area (Å²) >= 11 is 0. The first kappa shape index (κ1) is 25.4. The topological polar surface area (TPSA) is 102 Å². The predicted molar refractivity (Wildman–Crippen MR) is 138 cm³/mol. The second kappa shape index (κ2) is 12.3. The zero-order chi connectivity index (χ0) is 26.0. The van der Waals surface area contributed by atoms with Crippen molar-refractivity contribution < 1.29 is 19.1 Å². The van der Waals surface area contributed by atoms with Crippen LogP contribution in [0, 0.1) is 0 Å². The smallest absolute Gasteiger partial charge is 0.329 e. The molecule has 1 aromatic heterocycles. The number of ether oxygens (including phenoxy) is 1. The van der Waals surface area contributed by atoms with E-state index < -0.39 is 36.5 Å². The fourth-order valence-electron chi connectivity index (χ4n) is 3.91. The third-order valence-electron chi connectivity index (χ3n) is 5.81. The molecular weight excluding hydrogens is 468 g/mol. The molecular formula is C29H28N4O4. The van der Waals surface area contributed by atoms with Crippen molar-refractivity contribution in [2.75, 3.05) is 6.61 Å². The fraction of sp³-hybridized carbons (Fsp3) is 0.172. The van der Waals surface area contributed by atoms with E-state index in [0.29, 0.717) is 11.4 Å². The van der Waals surface area contributed by atoms with Gasteiger partial charge in [-0.2, -0.15) is 0 Å². The van der Waals surface area contributed by atoms with Crippen LogP contribution in [0.4, 0.5) is 0 Å². The minimum absolute atomic E-state index is 0.222. The molecule has 188 valence electrons. The third kappa shape index (κ3) is 6.91. The average Bonchev–Trinajstić information content (AvgIpc) is 3.36. The Kier molecular flexibility index (Phi) is 8.44. The van der Waals surface area contributed by atoms with Crippen molar-refractivity contribution in [3.8, 4) is 0 Å². The second-order valence-electron chi connectivity index (χ2n) is 8.50. The summed E-state index contributed by atoms with van der Waals surface area (Å²) in [6.07, 6.45) is 3.67. The van der Waals surface area contributed by atoms with Crippen molar-refractivity contribution in [3.05, 3.63) is 126 Å². The highest BCUT2D eigenvalue weighted by Gasteiger charge is 2.26. The van der Waals surface area contributed by atoms with E-state index in [1.165, 1.54) is 0 Å². The monoisotopic (exact) mass is 496 g/mol. The van der Waals surface area contributed by atoms with E-state index in [2.05, 4.69) is 15.6 Å². The minimum atomic E-state index is -0.970. The zero-order valence-corrected chi connectivity index (χ0v) is 20.4. The maximum absolute atomic E-state index is 13.0. The number of hydrogen-bond donors (Lipinski definition) is 2. The second-order valence-corrected chi connectivity index (χ2v) is 8.50. The van der Waals surface area contributed by atoms with Crippen LogP contribution in [-0.4, -0.2) is 40.0 Å². The van der Waals surface area contributed by atoms with E-state index in [9.17, 15) is 14.4 Å². The fourth-order valence-corrected chi connectivity index (χ4v) is 3.91. The molecule has 0 radical (unpaired) electrons. The predicted octanol–water partition coefficient (Wildman–Crippen LogP) is 3.21. The Hall–Kier alpha value is -4.72. The molecule has 37 heavy (non-hydrogen) atoms. The molecule has 0 spiro atoms. The molecule has 2 amide bonds. The lowest BCUT2D eigenvalue weighted by molar-refractivity contribution is -0.150. The number of amides is 2. The quantitative estimate of drug-likeness (QED) is 0.328. The lowest BCUT2D eigenvalue weighted by atomic mass is 10.1. The van der Waals surface area contributed by atoms with E-state index in [-0.39, 0.29) is 6.42 Å². The SMILES string of the molecule is Cn1ccnc1C(NC(=O)COC(=O)C(Cc1ccccc1)NC(=O)c1ccccc1)c1ccccc1. The van der Waals surface area contributed by atoms with Gasteiger partial charge in [0, 0.05) is 31.4 Å². The van der Waals surface area contributed by atoms with E-state index >= 15 is 0 Å². The first-order valence-corrected chi connectivity index (χ1v) is 11.9. The Morgan fingerprint density at radius 1 is 0.865 bits per heavy atom. The van der Waals surface area contributed by atoms with E-state index in [4.69, 9.17) is 4.74 Å². The molecule has 2 N–H and O–H groups in total. The van der Waals surface area contributed by atoms with Crippen LogP contribution in [0.5, 0.6) is 0 Å². The summed E-state index contributed by atoms with van der Waals surface area (Å²) in [6, 6.07) is 25.8. The Morgan fingerprint density at radius 3 is 2.11 bits per heavy atom. The van der Waals surface area contributed by atoms with Gasteiger partial charge in [0.05, 0.1) is 0 Å². The maximum atomic E-state index is 13.0. The Labute approximate surface area is 215 Å². The molecule has 0 bridgehead atoms. The summed E-state index contributed by atoms with van der Waals surface area (Å²) in [5, 5.41) is 5.64. The largest absolute Gasteiger partial charge is 0.454 e. The number of hydrogen-bond acceptors (Lipinski definition) is 5. The number of imidazole rings is 1. The summed E-state index contributed by atoms with van der Waals surface area (Å²) in [5.41, 5.74) is 2.11. The zero-order valence-electron chi connectivity index (χ0n) is 20.4. The Bertz CT molecular complexity index is 1320. The van der Waals surface area contributed by atoms with Gasteiger partial charge in [-0.25, -0.2) is 9.78 Å². The standard InChI is InChI=1S/C29H28N4O4/c1-33-18-17-30-27(33)26(22-13-7-3-8-14-22)32-25(34)20-37-29(36)24(19-21-11-5-2-6-12-21)31-28(35)23-15-9-4-10-16-23/h2-18,24,26H,19-20H2,1H3,(H,31,35)(H,32,34). The van der Waals surface area contributed by atoms with Gasteiger partial charge in [-0.15, -0.1) is 0 Å². The van der Waals surface area contributed by atoms with Crippen LogP contribution in [0.3, 0.4) is 0 Å². The third-order valence-corrected chi connectivity index (χ3v) is 5.81. The van der Waals surface area contributed by atoms with Crippen LogP contribution >= 0.6 is 0 Å². The molecule has 0 saturated carbocycles. The molecule has 0 aliphatic heterocycles. The Morgan fingerprint density at radius 2 is 1.49 bits per heavy atom. The number of benzene rings is 3. The molecule has 2 unspecified atom stereocenters. The summed E-state index contributed by atoms with van der Waals surface area (Å²) in [5.74, 6) is -0.945. The van der Waals surface area contributed by atoms with Gasteiger partial charge >= 0.3 is 5.97 Å². The van der Waals surface area contributed by atoms with Gasteiger partial charge in [0.15, 0.2) is 6.61 Å². The lowest BCUT2D eigenvalue weighted by Crippen LogP contribution is -2.44. The first-order chi connectivity index (χ1) is 18.0. The van der Waals surface area contributed by atoms with Crippen molar-refractivity contribution in [2.45, 2.75) is 18.5 Å². The number of carbonyl (C=O) groups is 3. The number of aryl methyl sites for hydroxylation is 1. The van der Waals surface area contributed by atoms with Crippen LogP contribution in [0.1, 0.15) is 33.4 Å². The number of rotatable bonds is 10. The molecule has 2 atom stereocenters. The van der Waals surface area contributed by atoms with E-state index in [1.54, 1.807) is 42.7 Å². The lowest BCUT2D eigenvalue weighted by Gasteiger charge is -2.20. The molecule has 1 heterocycles. The number of nitrogens with one attached hydrogen (secondary N) is 2. The van der Waals surface area contributed by atoms with Gasteiger partial charge in [-0.1, -0.05) is 78.9 Å². The van der Waals surface area contributed by atoms with Gasteiger partial charge in [0.2, 0.25) is 0 Å². The molecule has 4 aromatic rings. The summed E-state index contributed by atoms with van der Waals surface area (Å²) in [4.78, 5) is 43.0. The summed E-state index contributed by atoms with van der Waals surface area (Å²) in [7, 11) is 1.84. The summed E-state index contributed by atoms with van der Waals surface area (Å²) < 4.78 is 7.18. The van der Waals surface area contributed by atoms with E-state index in [1.807, 2.05) is 72.3 Å². The van der Waals surface area contributed by atoms with Crippen LogP contribution < -0.4 is 10.6 Å². The van der Waals surface area contributed by atoms with Gasteiger partial charge in [0.1, 0.15) is 17.9 Å². The number of aromatic nitrogens is 2. The molecule has 0 aliphatic carbocycles.